The first-order valence-corrected chi connectivity index (χ1v) is 6.00. The lowest BCUT2D eigenvalue weighted by Gasteiger charge is -2.20. The van der Waals surface area contributed by atoms with Gasteiger partial charge in [-0.25, -0.2) is 14.4 Å². The molecule has 2 aromatic rings. The Kier molecular flexibility index (Phi) is 2.85. The van der Waals surface area contributed by atoms with Gasteiger partial charge in [-0.2, -0.15) is 4.98 Å². The van der Waals surface area contributed by atoms with Crippen molar-refractivity contribution < 1.29 is 24.4 Å². The summed E-state index contributed by atoms with van der Waals surface area (Å²) < 4.78 is 20.7. The second-order valence-corrected chi connectivity index (χ2v) is 4.78. The minimum absolute atomic E-state index is 0.151. The van der Waals surface area contributed by atoms with Crippen LogP contribution in [-0.2, 0) is 4.74 Å². The molecule has 0 aromatic carbocycles. The summed E-state index contributed by atoms with van der Waals surface area (Å²) in [5.41, 5.74) is 0.405. The van der Waals surface area contributed by atoms with Gasteiger partial charge in [0.05, 0.1) is 6.33 Å². The normalized spacial score (nSPS) is 33.9. The molecule has 4 atom stereocenters. The second-order valence-electron chi connectivity index (χ2n) is 4.78. The minimum Gasteiger partial charge on any atom is -0.492 e. The predicted molar refractivity (Wildman–Crippen MR) is 63.2 cm³/mol. The largest absolute Gasteiger partial charge is 0.492 e. The van der Waals surface area contributed by atoms with Gasteiger partial charge in [0.25, 0.3) is 5.85 Å². The van der Waals surface area contributed by atoms with E-state index in [0.29, 0.717) is 0 Å². The van der Waals surface area contributed by atoms with Crippen molar-refractivity contribution in [3.8, 4) is 5.88 Å². The Bertz CT molecular complexity index is 650. The van der Waals surface area contributed by atoms with Crippen LogP contribution < -0.4 is 0 Å². The molecule has 0 amide bonds. The van der Waals surface area contributed by atoms with Gasteiger partial charge in [-0.15, -0.1) is 0 Å². The Labute approximate surface area is 112 Å². The number of aromatic hydroxyl groups is 1. The molecular formula is C11H13FN4O4. The molecule has 0 spiro atoms. The molecule has 1 saturated heterocycles. The van der Waals surface area contributed by atoms with Gasteiger partial charge in [-0.1, -0.05) is 6.92 Å². The highest BCUT2D eigenvalue weighted by molar-refractivity contribution is 5.75. The van der Waals surface area contributed by atoms with Gasteiger partial charge in [0.15, 0.2) is 11.2 Å². The number of ether oxygens (including phenoxy) is 1. The Balaban J connectivity index is 2.06. The average Bonchev–Trinajstić information content (AvgIpc) is 2.96. The van der Waals surface area contributed by atoms with Crippen LogP contribution in [-0.4, -0.2) is 53.4 Å². The molecule has 1 fully saturated rings. The van der Waals surface area contributed by atoms with Crippen molar-refractivity contribution in [3.05, 3.63) is 12.7 Å². The Morgan fingerprint density at radius 3 is 2.85 bits per heavy atom. The molecule has 0 aliphatic carbocycles. The SMILES string of the molecule is C[C@@H]1[C@H](n2cnc3c(O)ncnc32)O[C@](F)(CO)[C@H]1O. The lowest BCUT2D eigenvalue weighted by Crippen LogP contribution is -2.39. The van der Waals surface area contributed by atoms with E-state index in [2.05, 4.69) is 15.0 Å². The molecule has 0 unspecified atom stereocenters. The van der Waals surface area contributed by atoms with Crippen LogP contribution >= 0.6 is 0 Å². The van der Waals surface area contributed by atoms with E-state index < -0.39 is 30.7 Å². The van der Waals surface area contributed by atoms with E-state index in [1.807, 2.05) is 0 Å². The Morgan fingerprint density at radius 2 is 2.20 bits per heavy atom. The molecule has 8 nitrogen and oxygen atoms in total. The summed E-state index contributed by atoms with van der Waals surface area (Å²) in [5, 5.41) is 28.4. The first kappa shape index (κ1) is 13.2. The van der Waals surface area contributed by atoms with Crippen LogP contribution in [0, 0.1) is 5.92 Å². The third kappa shape index (κ3) is 1.67. The van der Waals surface area contributed by atoms with E-state index in [1.54, 1.807) is 6.92 Å². The summed E-state index contributed by atoms with van der Waals surface area (Å²) in [4.78, 5) is 11.5. The monoisotopic (exact) mass is 284 g/mol. The van der Waals surface area contributed by atoms with Gasteiger partial charge in [0.2, 0.25) is 5.88 Å². The van der Waals surface area contributed by atoms with Gasteiger partial charge >= 0.3 is 0 Å². The summed E-state index contributed by atoms with van der Waals surface area (Å²) >= 11 is 0. The van der Waals surface area contributed by atoms with Gasteiger partial charge in [-0.05, 0) is 0 Å². The van der Waals surface area contributed by atoms with Crippen LogP contribution in [0.4, 0.5) is 4.39 Å². The van der Waals surface area contributed by atoms with Crippen molar-refractivity contribution >= 4 is 11.2 Å². The van der Waals surface area contributed by atoms with E-state index in [-0.39, 0.29) is 17.0 Å². The van der Waals surface area contributed by atoms with E-state index in [1.165, 1.54) is 10.9 Å². The molecule has 0 radical (unpaired) electrons. The molecule has 2 aromatic heterocycles. The smallest absolute Gasteiger partial charge is 0.260 e. The maximum atomic E-state index is 14.2. The van der Waals surface area contributed by atoms with Crippen LogP contribution in [0.1, 0.15) is 13.2 Å². The number of hydrogen-bond acceptors (Lipinski definition) is 7. The third-order valence-corrected chi connectivity index (χ3v) is 3.54. The molecule has 0 saturated carbocycles. The number of aliphatic hydroxyl groups is 2. The molecule has 1 aliphatic heterocycles. The zero-order valence-electron chi connectivity index (χ0n) is 10.5. The molecule has 0 bridgehead atoms. The fourth-order valence-electron chi connectivity index (χ4n) is 2.39. The number of rotatable bonds is 2. The van der Waals surface area contributed by atoms with Crippen LogP contribution in [0.25, 0.3) is 11.2 Å². The van der Waals surface area contributed by atoms with Crippen LogP contribution in [0.3, 0.4) is 0 Å². The summed E-state index contributed by atoms with van der Waals surface area (Å²) in [7, 11) is 0. The summed E-state index contributed by atoms with van der Waals surface area (Å²) in [6.07, 6.45) is 0.0725. The molecule has 1 aliphatic rings. The molecule has 108 valence electrons. The van der Waals surface area contributed by atoms with E-state index in [9.17, 15) is 14.6 Å². The van der Waals surface area contributed by atoms with Gasteiger partial charge < -0.3 is 20.1 Å². The molecule has 9 heteroatoms. The highest BCUT2D eigenvalue weighted by Crippen LogP contribution is 2.43. The lowest BCUT2D eigenvalue weighted by molar-refractivity contribution is -0.206. The van der Waals surface area contributed by atoms with Gasteiger partial charge in [-0.3, -0.25) is 4.57 Å². The maximum absolute atomic E-state index is 14.2. The molecule has 3 heterocycles. The topological polar surface area (TPSA) is 114 Å². The number of hydrogen-bond donors (Lipinski definition) is 3. The highest BCUT2D eigenvalue weighted by atomic mass is 19.2. The van der Waals surface area contributed by atoms with E-state index in [4.69, 9.17) is 9.84 Å². The number of imidazole rings is 1. The number of halogens is 1. The molecule has 3 N–H and O–H groups in total. The fourth-order valence-corrected chi connectivity index (χ4v) is 2.39. The zero-order chi connectivity index (χ0) is 14.5. The number of aliphatic hydroxyl groups excluding tert-OH is 2. The van der Waals surface area contributed by atoms with Crippen LogP contribution in [0.5, 0.6) is 5.88 Å². The van der Waals surface area contributed by atoms with E-state index in [0.717, 1.165) is 6.33 Å². The maximum Gasteiger partial charge on any atom is 0.260 e. The van der Waals surface area contributed by atoms with Crippen molar-refractivity contribution in [3.63, 3.8) is 0 Å². The minimum atomic E-state index is -2.53. The first-order chi connectivity index (χ1) is 9.48. The fraction of sp³-hybridized carbons (Fsp3) is 0.545. The predicted octanol–water partition coefficient (Wildman–Crippen LogP) is -0.284. The number of alkyl halides is 1. The number of nitrogens with zero attached hydrogens (tertiary/aromatic N) is 4. The Morgan fingerprint density at radius 1 is 1.45 bits per heavy atom. The molecule has 20 heavy (non-hydrogen) atoms. The van der Waals surface area contributed by atoms with Gasteiger partial charge in [0, 0.05) is 5.92 Å². The third-order valence-electron chi connectivity index (χ3n) is 3.54. The number of aromatic nitrogens is 4. The van der Waals surface area contributed by atoms with Crippen LogP contribution in [0.15, 0.2) is 12.7 Å². The summed E-state index contributed by atoms with van der Waals surface area (Å²) in [6, 6.07) is 0. The van der Waals surface area contributed by atoms with Crippen LogP contribution in [0.2, 0.25) is 0 Å². The highest BCUT2D eigenvalue weighted by Gasteiger charge is 2.54. The summed E-state index contributed by atoms with van der Waals surface area (Å²) in [6.45, 7) is 0.626. The quantitative estimate of drug-likeness (QED) is 0.694. The number of fused-ring (bicyclic) bond motifs is 1. The Hall–Kier alpha value is -1.84. The van der Waals surface area contributed by atoms with Crippen molar-refractivity contribution in [2.75, 3.05) is 6.61 Å². The first-order valence-electron chi connectivity index (χ1n) is 6.00. The molecular weight excluding hydrogens is 271 g/mol. The summed E-state index contributed by atoms with van der Waals surface area (Å²) in [5.74, 6) is -3.47. The van der Waals surface area contributed by atoms with E-state index >= 15 is 0 Å². The lowest BCUT2D eigenvalue weighted by atomic mass is 10.0. The van der Waals surface area contributed by atoms with Crippen molar-refractivity contribution in [2.45, 2.75) is 25.1 Å². The second kappa shape index (κ2) is 4.33. The zero-order valence-corrected chi connectivity index (χ0v) is 10.5. The van der Waals surface area contributed by atoms with Crippen molar-refractivity contribution in [1.82, 2.24) is 19.5 Å². The van der Waals surface area contributed by atoms with Crippen molar-refractivity contribution in [1.29, 1.82) is 0 Å². The average molecular weight is 284 g/mol. The van der Waals surface area contributed by atoms with Gasteiger partial charge in [0.1, 0.15) is 25.3 Å². The van der Waals surface area contributed by atoms with Crippen molar-refractivity contribution in [2.24, 2.45) is 5.92 Å². The molecule has 3 rings (SSSR count). The standard InChI is InChI=1S/C11H13FN4O4/c1-5-7(18)11(12,2-17)20-10(5)16-4-15-6-8(16)13-3-14-9(6)19/h3-5,7,10,17-18H,2H2,1H3,(H,13,14,19)/t5-,7-,10+,11+/m0/s1.